The number of likely N-dealkylation sites (tertiary alicyclic amines) is 1. The second-order valence-corrected chi connectivity index (χ2v) is 11.2. The molecule has 2 aliphatic rings. The van der Waals surface area contributed by atoms with Gasteiger partial charge in [-0.2, -0.15) is 0 Å². The lowest BCUT2D eigenvalue weighted by Gasteiger charge is -2.46. The summed E-state index contributed by atoms with van der Waals surface area (Å²) >= 11 is 1.67. The monoisotopic (exact) mass is 433 g/mol. The molecule has 1 amide bonds. The number of nitrogens with zero attached hydrogens (tertiary/aromatic N) is 1. The molecule has 1 aromatic rings. The molecule has 6 heteroatoms. The molecule has 0 radical (unpaired) electrons. The molecule has 3 unspecified atom stereocenters. The summed E-state index contributed by atoms with van der Waals surface area (Å²) in [5.41, 5.74) is 6.08. The molecule has 2 fully saturated rings. The number of nitrogens with two attached hydrogens (primary N) is 1. The predicted molar refractivity (Wildman–Crippen MR) is 124 cm³/mol. The minimum Gasteiger partial charge on any atom is -0.390 e. The Hall–Kier alpha value is -1.08. The number of amides is 1. The van der Waals surface area contributed by atoms with Crippen molar-refractivity contribution in [3.8, 4) is 0 Å². The Morgan fingerprint density at radius 3 is 2.57 bits per heavy atom. The van der Waals surface area contributed by atoms with E-state index in [1.54, 1.807) is 11.8 Å². The van der Waals surface area contributed by atoms with E-state index in [2.05, 4.69) is 22.3 Å². The van der Waals surface area contributed by atoms with Crippen molar-refractivity contribution in [1.82, 2.24) is 10.2 Å². The summed E-state index contributed by atoms with van der Waals surface area (Å²) in [7, 11) is 0. The Kier molecular flexibility index (Phi) is 8.24. The summed E-state index contributed by atoms with van der Waals surface area (Å²) in [6.07, 6.45) is 5.27. The van der Waals surface area contributed by atoms with Crippen LogP contribution >= 0.6 is 11.8 Å². The van der Waals surface area contributed by atoms with Gasteiger partial charge in [-0.05, 0) is 57.6 Å². The molecular formula is C24H39N3O2S. The number of benzene rings is 1. The minimum atomic E-state index is -0.647. The summed E-state index contributed by atoms with van der Waals surface area (Å²) in [5.74, 6) is 2.01. The third-order valence-corrected chi connectivity index (χ3v) is 7.56. The second-order valence-electron chi connectivity index (χ2n) is 10.1. The van der Waals surface area contributed by atoms with Gasteiger partial charge in [-0.25, -0.2) is 0 Å². The highest BCUT2D eigenvalue weighted by molar-refractivity contribution is 7.99. The van der Waals surface area contributed by atoms with Gasteiger partial charge in [0.2, 0.25) is 5.91 Å². The van der Waals surface area contributed by atoms with Crippen LogP contribution in [0.2, 0.25) is 0 Å². The maximum Gasteiger partial charge on any atom is 0.237 e. The van der Waals surface area contributed by atoms with E-state index in [0.29, 0.717) is 24.1 Å². The summed E-state index contributed by atoms with van der Waals surface area (Å²) in [6, 6.07) is 9.64. The lowest BCUT2D eigenvalue weighted by Crippen LogP contribution is -2.59. The number of hydrogen-bond donors (Lipinski definition) is 3. The van der Waals surface area contributed by atoms with Crippen molar-refractivity contribution in [2.24, 2.45) is 17.6 Å². The third kappa shape index (κ3) is 6.71. The average molecular weight is 434 g/mol. The summed E-state index contributed by atoms with van der Waals surface area (Å²) in [6.45, 7) is 7.41. The fraction of sp³-hybridized carbons (Fsp3) is 0.708. The van der Waals surface area contributed by atoms with Crippen LogP contribution in [0.15, 0.2) is 35.2 Å². The van der Waals surface area contributed by atoms with E-state index in [9.17, 15) is 9.90 Å². The van der Waals surface area contributed by atoms with Gasteiger partial charge in [0.25, 0.3) is 0 Å². The molecule has 0 bridgehead atoms. The quantitative estimate of drug-likeness (QED) is 0.575. The van der Waals surface area contributed by atoms with Crippen LogP contribution in [-0.2, 0) is 4.79 Å². The average Bonchev–Trinajstić information content (AvgIpc) is 2.71. The highest BCUT2D eigenvalue weighted by atomic mass is 32.2. The number of fused-ring (bicyclic) bond motifs is 1. The van der Waals surface area contributed by atoms with Crippen molar-refractivity contribution in [3.05, 3.63) is 30.3 Å². The number of piperidine rings is 1. The first-order chi connectivity index (χ1) is 14.2. The van der Waals surface area contributed by atoms with E-state index in [4.69, 9.17) is 5.73 Å². The van der Waals surface area contributed by atoms with Crippen molar-refractivity contribution in [3.63, 3.8) is 0 Å². The van der Waals surface area contributed by atoms with Crippen LogP contribution in [0.1, 0.15) is 52.9 Å². The number of β-amino-alcohol motifs (C(OH)–C–C–N with tert-alkyl or cyclic N) is 1. The largest absolute Gasteiger partial charge is 0.390 e. The lowest BCUT2D eigenvalue weighted by atomic mass is 9.72. The van der Waals surface area contributed by atoms with Gasteiger partial charge in [0.1, 0.15) is 0 Å². The van der Waals surface area contributed by atoms with Gasteiger partial charge in [0.05, 0.1) is 12.1 Å². The zero-order valence-corrected chi connectivity index (χ0v) is 19.5. The lowest BCUT2D eigenvalue weighted by molar-refractivity contribution is -0.132. The van der Waals surface area contributed by atoms with E-state index >= 15 is 0 Å². The molecule has 1 aliphatic heterocycles. The Morgan fingerprint density at radius 1 is 1.23 bits per heavy atom. The van der Waals surface area contributed by atoms with E-state index in [-0.39, 0.29) is 23.5 Å². The molecule has 5 nitrogen and oxygen atoms in total. The number of carbonyl (C=O) groups excluding carboxylic acids is 1. The first-order valence-corrected chi connectivity index (χ1v) is 12.4. The van der Waals surface area contributed by atoms with E-state index in [1.165, 1.54) is 25.7 Å². The van der Waals surface area contributed by atoms with Crippen LogP contribution in [0.3, 0.4) is 0 Å². The second kappa shape index (κ2) is 10.5. The molecular weight excluding hydrogens is 394 g/mol. The van der Waals surface area contributed by atoms with Gasteiger partial charge in [-0.1, -0.05) is 37.5 Å². The molecule has 1 aliphatic carbocycles. The number of nitrogens with one attached hydrogen (secondary N) is 1. The Bertz CT molecular complexity index is 679. The molecule has 1 aromatic carbocycles. The summed E-state index contributed by atoms with van der Waals surface area (Å²) in [5, 5.41) is 14.0. The summed E-state index contributed by atoms with van der Waals surface area (Å²) < 4.78 is 0. The standard InChI is InChI=1S/C24H39N3O2S/c1-24(2,3)26-23(29)21-13-17-9-7-8-10-18(17)14-27(21)15-22(28)20(25)16-30-19-11-5-4-6-12-19/h4-6,11-12,17-18,20-22,28H,7-10,13-16,25H2,1-3H3,(H,26,29)/t17?,18?,20-,21?,22+/m0/s1. The molecule has 3 rings (SSSR count). The molecule has 168 valence electrons. The first kappa shape index (κ1) is 23.6. The number of aliphatic hydroxyl groups is 1. The fourth-order valence-electron chi connectivity index (χ4n) is 4.82. The first-order valence-electron chi connectivity index (χ1n) is 11.4. The van der Waals surface area contributed by atoms with Crippen LogP contribution in [0.25, 0.3) is 0 Å². The maximum absolute atomic E-state index is 13.1. The number of carbonyl (C=O) groups is 1. The van der Waals surface area contributed by atoms with Crippen molar-refractivity contribution >= 4 is 17.7 Å². The van der Waals surface area contributed by atoms with Gasteiger partial charge in [-0.15, -0.1) is 11.8 Å². The van der Waals surface area contributed by atoms with Gasteiger partial charge < -0.3 is 16.2 Å². The summed E-state index contributed by atoms with van der Waals surface area (Å²) in [4.78, 5) is 16.5. The van der Waals surface area contributed by atoms with Crippen molar-refractivity contribution in [2.45, 2.75) is 81.5 Å². The number of hydrogen-bond acceptors (Lipinski definition) is 5. The highest BCUT2D eigenvalue weighted by Gasteiger charge is 2.41. The number of rotatable bonds is 7. The van der Waals surface area contributed by atoms with Crippen LogP contribution in [0.4, 0.5) is 0 Å². The van der Waals surface area contributed by atoms with Crippen LogP contribution in [0, 0.1) is 11.8 Å². The molecule has 1 saturated carbocycles. The third-order valence-electron chi connectivity index (χ3n) is 6.40. The zero-order chi connectivity index (χ0) is 21.7. The Balaban J connectivity index is 1.62. The van der Waals surface area contributed by atoms with E-state index in [0.717, 1.165) is 17.9 Å². The van der Waals surface area contributed by atoms with Crippen LogP contribution < -0.4 is 11.1 Å². The van der Waals surface area contributed by atoms with Crippen molar-refractivity contribution in [2.75, 3.05) is 18.8 Å². The van der Waals surface area contributed by atoms with E-state index in [1.807, 2.05) is 39.0 Å². The Labute approximate surface area is 186 Å². The van der Waals surface area contributed by atoms with Gasteiger partial charge in [0.15, 0.2) is 0 Å². The SMILES string of the molecule is CC(C)(C)NC(=O)C1CC2CCCCC2CN1C[C@@H](O)[C@@H](N)CSc1ccccc1. The predicted octanol–water partition coefficient (Wildman–Crippen LogP) is 3.26. The molecule has 5 atom stereocenters. The maximum atomic E-state index is 13.1. The minimum absolute atomic E-state index is 0.0888. The molecule has 4 N–H and O–H groups in total. The van der Waals surface area contributed by atoms with Gasteiger partial charge >= 0.3 is 0 Å². The normalized spacial score (nSPS) is 27.2. The molecule has 0 spiro atoms. The van der Waals surface area contributed by atoms with Crippen LogP contribution in [0.5, 0.6) is 0 Å². The van der Waals surface area contributed by atoms with Gasteiger partial charge in [0, 0.05) is 35.3 Å². The fourth-order valence-corrected chi connectivity index (χ4v) is 5.78. The molecule has 1 saturated heterocycles. The van der Waals surface area contributed by atoms with Gasteiger partial charge in [-0.3, -0.25) is 9.69 Å². The Morgan fingerprint density at radius 2 is 1.90 bits per heavy atom. The van der Waals surface area contributed by atoms with E-state index < -0.39 is 6.10 Å². The highest BCUT2D eigenvalue weighted by Crippen LogP contribution is 2.38. The number of aliphatic hydroxyl groups excluding tert-OH is 1. The molecule has 1 heterocycles. The number of thioether (sulfide) groups is 1. The van der Waals surface area contributed by atoms with Crippen molar-refractivity contribution < 1.29 is 9.90 Å². The molecule has 0 aromatic heterocycles. The zero-order valence-electron chi connectivity index (χ0n) is 18.7. The topological polar surface area (TPSA) is 78.6 Å². The van der Waals surface area contributed by atoms with Crippen molar-refractivity contribution in [1.29, 1.82) is 0 Å². The van der Waals surface area contributed by atoms with Crippen LogP contribution in [-0.4, -0.2) is 58.5 Å². The molecule has 30 heavy (non-hydrogen) atoms. The smallest absolute Gasteiger partial charge is 0.237 e.